The minimum atomic E-state index is -0.191. The second kappa shape index (κ2) is 6.31. The van der Waals surface area contributed by atoms with Gasteiger partial charge in [0.05, 0.1) is 6.10 Å². The van der Waals surface area contributed by atoms with Crippen molar-refractivity contribution in [2.24, 2.45) is 0 Å². The van der Waals surface area contributed by atoms with E-state index < -0.39 is 0 Å². The van der Waals surface area contributed by atoms with Gasteiger partial charge in [-0.1, -0.05) is 6.07 Å². The van der Waals surface area contributed by atoms with Crippen LogP contribution in [0.4, 0.5) is 0 Å². The molecule has 0 aromatic carbocycles. The second-order valence-electron chi connectivity index (χ2n) is 4.63. The molecule has 0 bridgehead atoms. The zero-order chi connectivity index (χ0) is 12.8. The summed E-state index contributed by atoms with van der Waals surface area (Å²) < 4.78 is 0. The number of carbonyl (C=O) groups is 1. The number of hydrogen-bond acceptors (Lipinski definition) is 3. The highest BCUT2D eigenvalue weighted by Crippen LogP contribution is 2.18. The third-order valence-electron chi connectivity index (χ3n) is 3.15. The van der Waals surface area contributed by atoms with Gasteiger partial charge < -0.3 is 10.4 Å². The smallest absolute Gasteiger partial charge is 0.244 e. The van der Waals surface area contributed by atoms with Crippen LogP contribution in [0.1, 0.15) is 31.2 Å². The van der Waals surface area contributed by atoms with Crippen LogP contribution in [-0.4, -0.2) is 28.1 Å². The van der Waals surface area contributed by atoms with Gasteiger partial charge in [0.2, 0.25) is 5.91 Å². The topological polar surface area (TPSA) is 62.2 Å². The van der Waals surface area contributed by atoms with E-state index in [0.29, 0.717) is 0 Å². The first-order valence-corrected chi connectivity index (χ1v) is 6.31. The van der Waals surface area contributed by atoms with Gasteiger partial charge in [-0.05, 0) is 43.4 Å². The summed E-state index contributed by atoms with van der Waals surface area (Å²) in [7, 11) is 0. The number of aromatic nitrogens is 1. The molecule has 1 aliphatic carbocycles. The quantitative estimate of drug-likeness (QED) is 0.795. The second-order valence-corrected chi connectivity index (χ2v) is 4.63. The molecule has 96 valence electrons. The van der Waals surface area contributed by atoms with E-state index in [1.807, 2.05) is 12.1 Å². The Kier molecular flexibility index (Phi) is 4.47. The molecule has 2 rings (SSSR count). The number of nitrogens with one attached hydrogen (secondary N) is 1. The SMILES string of the molecule is O=C(/C=C/c1cccnc1)NC1CCC(O)CC1. The predicted molar refractivity (Wildman–Crippen MR) is 69.7 cm³/mol. The van der Waals surface area contributed by atoms with Crippen molar-refractivity contribution in [3.05, 3.63) is 36.2 Å². The van der Waals surface area contributed by atoms with Crippen molar-refractivity contribution in [1.82, 2.24) is 10.3 Å². The first-order valence-electron chi connectivity index (χ1n) is 6.31. The number of carbonyl (C=O) groups excluding carboxylic acids is 1. The Labute approximate surface area is 107 Å². The fourth-order valence-electron chi connectivity index (χ4n) is 2.12. The Morgan fingerprint density at radius 2 is 2.17 bits per heavy atom. The first kappa shape index (κ1) is 12.8. The van der Waals surface area contributed by atoms with Crippen molar-refractivity contribution in [2.45, 2.75) is 37.8 Å². The van der Waals surface area contributed by atoms with Crippen LogP contribution in [0.3, 0.4) is 0 Å². The molecule has 4 heteroatoms. The average molecular weight is 246 g/mol. The van der Waals surface area contributed by atoms with Crippen molar-refractivity contribution in [3.8, 4) is 0 Å². The maximum absolute atomic E-state index is 11.7. The number of aliphatic hydroxyl groups is 1. The Bertz CT molecular complexity index is 409. The molecule has 1 saturated carbocycles. The zero-order valence-electron chi connectivity index (χ0n) is 10.2. The Balaban J connectivity index is 1.80. The van der Waals surface area contributed by atoms with E-state index >= 15 is 0 Å². The van der Waals surface area contributed by atoms with E-state index in [9.17, 15) is 9.90 Å². The molecule has 0 atom stereocenters. The summed E-state index contributed by atoms with van der Waals surface area (Å²) in [5.41, 5.74) is 0.909. The van der Waals surface area contributed by atoms with Crippen LogP contribution >= 0.6 is 0 Å². The number of nitrogens with zero attached hydrogens (tertiary/aromatic N) is 1. The van der Waals surface area contributed by atoms with E-state index in [1.54, 1.807) is 18.5 Å². The zero-order valence-corrected chi connectivity index (χ0v) is 10.2. The van der Waals surface area contributed by atoms with Gasteiger partial charge in [0.25, 0.3) is 0 Å². The highest BCUT2D eigenvalue weighted by molar-refractivity contribution is 5.91. The molecule has 1 amide bonds. The molecule has 1 aliphatic rings. The summed E-state index contributed by atoms with van der Waals surface area (Å²) in [6, 6.07) is 3.92. The van der Waals surface area contributed by atoms with Crippen LogP contribution in [0.2, 0.25) is 0 Å². The summed E-state index contributed by atoms with van der Waals surface area (Å²) in [6.07, 6.45) is 9.76. The van der Waals surface area contributed by atoms with Gasteiger partial charge >= 0.3 is 0 Å². The molecule has 1 aromatic heterocycles. The van der Waals surface area contributed by atoms with Crippen LogP contribution in [0.15, 0.2) is 30.6 Å². The van der Waals surface area contributed by atoms with Crippen LogP contribution in [-0.2, 0) is 4.79 Å². The Hall–Kier alpha value is -1.68. The molecular formula is C14H18N2O2. The van der Waals surface area contributed by atoms with E-state index in [-0.39, 0.29) is 18.1 Å². The van der Waals surface area contributed by atoms with E-state index in [2.05, 4.69) is 10.3 Å². The van der Waals surface area contributed by atoms with Crippen molar-refractivity contribution in [2.75, 3.05) is 0 Å². The van der Waals surface area contributed by atoms with Crippen molar-refractivity contribution < 1.29 is 9.90 Å². The number of pyridine rings is 1. The molecule has 1 heterocycles. The summed E-state index contributed by atoms with van der Waals surface area (Å²) in [4.78, 5) is 15.7. The van der Waals surface area contributed by atoms with Gasteiger partial charge in [0.15, 0.2) is 0 Å². The summed E-state index contributed by atoms with van der Waals surface area (Å²) in [5.74, 6) is -0.0831. The largest absolute Gasteiger partial charge is 0.393 e. The normalized spacial score (nSPS) is 24.1. The fraction of sp³-hybridized carbons (Fsp3) is 0.429. The highest BCUT2D eigenvalue weighted by atomic mass is 16.3. The lowest BCUT2D eigenvalue weighted by atomic mass is 9.93. The molecular weight excluding hydrogens is 228 g/mol. The lowest BCUT2D eigenvalue weighted by molar-refractivity contribution is -0.117. The lowest BCUT2D eigenvalue weighted by Gasteiger charge is -2.25. The van der Waals surface area contributed by atoms with Gasteiger partial charge in [-0.2, -0.15) is 0 Å². The molecule has 0 aliphatic heterocycles. The Morgan fingerprint density at radius 3 is 2.83 bits per heavy atom. The Morgan fingerprint density at radius 1 is 1.39 bits per heavy atom. The number of amides is 1. The summed E-state index contributed by atoms with van der Waals surface area (Å²) >= 11 is 0. The molecule has 0 saturated heterocycles. The molecule has 4 nitrogen and oxygen atoms in total. The van der Waals surface area contributed by atoms with E-state index in [0.717, 1.165) is 31.2 Å². The van der Waals surface area contributed by atoms with Gasteiger partial charge in [-0.15, -0.1) is 0 Å². The molecule has 0 unspecified atom stereocenters. The molecule has 18 heavy (non-hydrogen) atoms. The van der Waals surface area contributed by atoms with Crippen LogP contribution in [0.5, 0.6) is 0 Å². The molecule has 2 N–H and O–H groups in total. The van der Waals surface area contributed by atoms with Gasteiger partial charge in [0.1, 0.15) is 0 Å². The minimum Gasteiger partial charge on any atom is -0.393 e. The summed E-state index contributed by atoms with van der Waals surface area (Å²) in [6.45, 7) is 0. The van der Waals surface area contributed by atoms with Crippen molar-refractivity contribution >= 4 is 12.0 Å². The fourth-order valence-corrected chi connectivity index (χ4v) is 2.12. The standard InChI is InChI=1S/C14H18N2O2/c17-13-6-4-12(5-7-13)16-14(18)8-3-11-2-1-9-15-10-11/h1-3,8-10,12-13,17H,4-7H2,(H,16,18)/b8-3+. The van der Waals surface area contributed by atoms with Gasteiger partial charge in [-0.25, -0.2) is 0 Å². The average Bonchev–Trinajstić information content (AvgIpc) is 2.40. The van der Waals surface area contributed by atoms with Crippen molar-refractivity contribution in [1.29, 1.82) is 0 Å². The third-order valence-corrected chi connectivity index (χ3v) is 3.15. The number of hydrogen-bond donors (Lipinski definition) is 2. The van der Waals surface area contributed by atoms with Crippen molar-refractivity contribution in [3.63, 3.8) is 0 Å². The predicted octanol–water partition coefficient (Wildman–Crippen LogP) is 1.51. The van der Waals surface area contributed by atoms with Gasteiger partial charge in [-0.3, -0.25) is 9.78 Å². The third kappa shape index (κ3) is 3.96. The first-order chi connectivity index (χ1) is 8.74. The maximum Gasteiger partial charge on any atom is 0.244 e. The number of aliphatic hydroxyl groups excluding tert-OH is 1. The van der Waals surface area contributed by atoms with Gasteiger partial charge in [0, 0.05) is 24.5 Å². The van der Waals surface area contributed by atoms with E-state index in [4.69, 9.17) is 0 Å². The van der Waals surface area contributed by atoms with Crippen LogP contribution in [0, 0.1) is 0 Å². The minimum absolute atomic E-state index is 0.0831. The molecule has 1 fully saturated rings. The molecule has 1 aromatic rings. The molecule has 0 spiro atoms. The van der Waals surface area contributed by atoms with Crippen LogP contribution in [0.25, 0.3) is 6.08 Å². The monoisotopic (exact) mass is 246 g/mol. The lowest BCUT2D eigenvalue weighted by Crippen LogP contribution is -2.37. The molecule has 0 radical (unpaired) electrons. The highest BCUT2D eigenvalue weighted by Gasteiger charge is 2.19. The van der Waals surface area contributed by atoms with Crippen LogP contribution < -0.4 is 5.32 Å². The number of rotatable bonds is 3. The maximum atomic E-state index is 11.7. The van der Waals surface area contributed by atoms with E-state index in [1.165, 1.54) is 6.08 Å². The summed E-state index contributed by atoms with van der Waals surface area (Å²) in [5, 5.41) is 12.3.